The van der Waals surface area contributed by atoms with Crippen LogP contribution in [0.4, 0.5) is 10.8 Å². The number of hydrogen-bond acceptors (Lipinski definition) is 8. The molecule has 3 rings (SSSR count). The molecule has 132 valence electrons. The summed E-state index contributed by atoms with van der Waals surface area (Å²) in [6.45, 7) is 5.23. The molecule has 0 saturated carbocycles. The largest absolute Gasteiger partial charge is 0.375 e. The first-order chi connectivity index (χ1) is 11.7. The molecule has 0 saturated heterocycles. The molecule has 3 aromatic rings. The third-order valence-corrected chi connectivity index (χ3v) is 7.65. The molecule has 0 amide bonds. The van der Waals surface area contributed by atoms with E-state index in [1.807, 2.05) is 6.92 Å². The Morgan fingerprint density at radius 3 is 2.44 bits per heavy atom. The van der Waals surface area contributed by atoms with Gasteiger partial charge in [0.1, 0.15) is 0 Å². The van der Waals surface area contributed by atoms with Gasteiger partial charge in [0, 0.05) is 11.8 Å². The average molecular weight is 416 g/mol. The van der Waals surface area contributed by atoms with E-state index in [1.54, 1.807) is 26.1 Å². The fourth-order valence-electron chi connectivity index (χ4n) is 2.28. The van der Waals surface area contributed by atoms with Gasteiger partial charge in [0.05, 0.1) is 27.0 Å². The van der Waals surface area contributed by atoms with E-state index in [0.717, 1.165) is 21.9 Å². The van der Waals surface area contributed by atoms with E-state index in [-0.39, 0.29) is 15.0 Å². The number of pyridine rings is 1. The van der Waals surface area contributed by atoms with Crippen LogP contribution in [0.15, 0.2) is 16.5 Å². The summed E-state index contributed by atoms with van der Waals surface area (Å²) in [7, 11) is -3.80. The van der Waals surface area contributed by atoms with E-state index in [9.17, 15) is 8.42 Å². The topological polar surface area (TPSA) is 111 Å². The number of halogens is 1. The maximum absolute atomic E-state index is 12.6. The molecule has 0 bridgehead atoms. The Kier molecular flexibility index (Phi) is 4.71. The minimum atomic E-state index is -3.80. The Balaban J connectivity index is 2.02. The van der Waals surface area contributed by atoms with E-state index in [0.29, 0.717) is 21.4 Å². The zero-order valence-corrected chi connectivity index (χ0v) is 16.7. The predicted octanol–water partition coefficient (Wildman–Crippen LogP) is 3.62. The molecule has 0 radical (unpaired) electrons. The molecule has 25 heavy (non-hydrogen) atoms. The van der Waals surface area contributed by atoms with Crippen molar-refractivity contribution < 1.29 is 8.42 Å². The van der Waals surface area contributed by atoms with Crippen molar-refractivity contribution in [2.24, 2.45) is 0 Å². The van der Waals surface area contributed by atoms with Crippen molar-refractivity contribution in [1.82, 2.24) is 15.0 Å². The average Bonchev–Trinajstić information content (AvgIpc) is 3.03. The Hall–Kier alpha value is -1.75. The smallest absolute Gasteiger partial charge is 0.273 e. The molecular formula is C14H14ClN5O2S3. The zero-order valence-electron chi connectivity index (χ0n) is 13.5. The highest BCUT2D eigenvalue weighted by Gasteiger charge is 2.23. The lowest BCUT2D eigenvalue weighted by Gasteiger charge is -2.09. The second kappa shape index (κ2) is 6.52. The minimum Gasteiger partial charge on any atom is -0.375 e. The van der Waals surface area contributed by atoms with Crippen LogP contribution in [0.25, 0.3) is 10.4 Å². The van der Waals surface area contributed by atoms with Crippen LogP contribution in [0.1, 0.15) is 16.4 Å². The first-order valence-corrected chi connectivity index (χ1v) is 10.5. The lowest BCUT2D eigenvalue weighted by Crippen LogP contribution is -2.13. The molecule has 0 atom stereocenters. The standard InChI is InChI=1S/C14H14ClN5O2S3/c1-6-11(24-14(16)19-6)9-4-10(12(15)17-5-9)20-25(21,22)13-7(2)18-8(3)23-13/h4-5,20H,1-3H3,(H2,16,19). The molecule has 3 N–H and O–H groups in total. The summed E-state index contributed by atoms with van der Waals surface area (Å²) in [6.07, 6.45) is 1.56. The van der Waals surface area contributed by atoms with Gasteiger partial charge in [0.25, 0.3) is 10.0 Å². The number of nitrogen functional groups attached to an aromatic ring is 1. The summed E-state index contributed by atoms with van der Waals surface area (Å²) in [5, 5.41) is 1.16. The van der Waals surface area contributed by atoms with Crippen molar-refractivity contribution in [3.05, 3.63) is 33.8 Å². The van der Waals surface area contributed by atoms with Crippen LogP contribution in [0.3, 0.4) is 0 Å². The fourth-order valence-corrected chi connectivity index (χ4v) is 5.85. The van der Waals surface area contributed by atoms with Crippen molar-refractivity contribution in [3.8, 4) is 10.4 Å². The van der Waals surface area contributed by atoms with Crippen molar-refractivity contribution >= 4 is 55.1 Å². The van der Waals surface area contributed by atoms with Gasteiger partial charge in [-0.25, -0.2) is 23.4 Å². The van der Waals surface area contributed by atoms with Gasteiger partial charge in [-0.3, -0.25) is 4.72 Å². The van der Waals surface area contributed by atoms with E-state index in [2.05, 4.69) is 19.7 Å². The van der Waals surface area contributed by atoms with Crippen LogP contribution in [-0.2, 0) is 10.0 Å². The van der Waals surface area contributed by atoms with Gasteiger partial charge in [-0.15, -0.1) is 11.3 Å². The van der Waals surface area contributed by atoms with Gasteiger partial charge in [-0.2, -0.15) is 0 Å². The summed E-state index contributed by atoms with van der Waals surface area (Å²) in [5.41, 5.74) is 7.79. The lowest BCUT2D eigenvalue weighted by molar-refractivity contribution is 0.602. The normalized spacial score (nSPS) is 11.7. The van der Waals surface area contributed by atoms with Crippen molar-refractivity contribution in [3.63, 3.8) is 0 Å². The van der Waals surface area contributed by atoms with Crippen molar-refractivity contribution in [1.29, 1.82) is 0 Å². The summed E-state index contributed by atoms with van der Waals surface area (Å²) in [6, 6.07) is 1.62. The summed E-state index contributed by atoms with van der Waals surface area (Å²) < 4.78 is 28.0. The third kappa shape index (κ3) is 3.61. The van der Waals surface area contributed by atoms with Gasteiger partial charge in [0.2, 0.25) is 0 Å². The van der Waals surface area contributed by atoms with E-state index in [1.165, 1.54) is 11.3 Å². The highest BCUT2D eigenvalue weighted by atomic mass is 35.5. The predicted molar refractivity (Wildman–Crippen MR) is 102 cm³/mol. The van der Waals surface area contributed by atoms with Crippen LogP contribution in [0.2, 0.25) is 5.15 Å². The van der Waals surface area contributed by atoms with E-state index < -0.39 is 10.0 Å². The van der Waals surface area contributed by atoms with Crippen LogP contribution in [0.5, 0.6) is 0 Å². The van der Waals surface area contributed by atoms with Crippen LogP contribution in [-0.4, -0.2) is 23.4 Å². The number of nitrogens with one attached hydrogen (secondary N) is 1. The highest BCUT2D eigenvalue weighted by Crippen LogP contribution is 2.35. The first kappa shape index (κ1) is 18.1. The monoisotopic (exact) mass is 415 g/mol. The van der Waals surface area contributed by atoms with Crippen molar-refractivity contribution in [2.45, 2.75) is 25.0 Å². The summed E-state index contributed by atoms with van der Waals surface area (Å²) >= 11 is 8.48. The van der Waals surface area contributed by atoms with Gasteiger partial charge < -0.3 is 5.73 Å². The molecule has 3 heterocycles. The van der Waals surface area contributed by atoms with E-state index >= 15 is 0 Å². The number of anilines is 2. The number of aromatic nitrogens is 3. The van der Waals surface area contributed by atoms with Gasteiger partial charge >= 0.3 is 0 Å². The minimum absolute atomic E-state index is 0.0568. The third-order valence-electron chi connectivity index (χ3n) is 3.26. The maximum atomic E-state index is 12.6. The SMILES string of the molecule is Cc1nc(C)c(S(=O)(=O)Nc2cc(-c3sc(N)nc3C)cnc2Cl)s1. The molecule has 3 aromatic heterocycles. The number of rotatable bonds is 4. The second-order valence-corrected chi connectivity index (χ2v) is 9.71. The Morgan fingerprint density at radius 2 is 1.88 bits per heavy atom. The molecule has 0 aliphatic rings. The molecule has 0 fully saturated rings. The first-order valence-electron chi connectivity index (χ1n) is 7.03. The molecular weight excluding hydrogens is 402 g/mol. The summed E-state index contributed by atoms with van der Waals surface area (Å²) in [5.74, 6) is 0. The fraction of sp³-hybridized carbons (Fsp3) is 0.214. The second-order valence-electron chi connectivity index (χ2n) is 5.24. The van der Waals surface area contributed by atoms with E-state index in [4.69, 9.17) is 17.3 Å². The molecule has 11 heteroatoms. The van der Waals surface area contributed by atoms with Crippen LogP contribution in [0, 0.1) is 20.8 Å². The molecule has 7 nitrogen and oxygen atoms in total. The maximum Gasteiger partial charge on any atom is 0.273 e. The lowest BCUT2D eigenvalue weighted by atomic mass is 10.2. The summed E-state index contributed by atoms with van der Waals surface area (Å²) in [4.78, 5) is 13.2. The number of thiazole rings is 2. The van der Waals surface area contributed by atoms with Gasteiger partial charge in [-0.1, -0.05) is 22.9 Å². The number of hydrogen-bond donors (Lipinski definition) is 2. The quantitative estimate of drug-likeness (QED) is 0.629. The zero-order chi connectivity index (χ0) is 18.4. The Bertz CT molecular complexity index is 1060. The molecule has 0 unspecified atom stereocenters. The van der Waals surface area contributed by atoms with Crippen LogP contribution < -0.4 is 10.5 Å². The molecule has 0 aliphatic heterocycles. The highest BCUT2D eigenvalue weighted by molar-refractivity contribution is 7.94. The number of sulfonamides is 1. The number of nitrogens with two attached hydrogens (primary N) is 1. The van der Waals surface area contributed by atoms with Crippen molar-refractivity contribution in [2.75, 3.05) is 10.5 Å². The molecule has 0 aromatic carbocycles. The van der Waals surface area contributed by atoms with Crippen LogP contribution >= 0.6 is 34.3 Å². The Labute approximate surface area is 158 Å². The van der Waals surface area contributed by atoms with Gasteiger partial charge in [-0.05, 0) is 26.8 Å². The Morgan fingerprint density at radius 1 is 1.16 bits per heavy atom. The number of aryl methyl sites for hydroxylation is 3. The number of nitrogens with zero attached hydrogens (tertiary/aromatic N) is 3. The van der Waals surface area contributed by atoms with Gasteiger partial charge in [0.15, 0.2) is 14.5 Å². The molecule has 0 aliphatic carbocycles. The molecule has 0 spiro atoms.